The SMILES string of the molecule is CCNC(CC(C)C)C1CCCS1. The molecule has 2 heteroatoms. The monoisotopic (exact) mass is 201 g/mol. The molecular formula is C11H23NS. The third kappa shape index (κ3) is 3.90. The van der Waals surface area contributed by atoms with Crippen LogP contribution in [0.25, 0.3) is 0 Å². The Kier molecular flexibility index (Phi) is 5.18. The van der Waals surface area contributed by atoms with Crippen molar-refractivity contribution in [1.82, 2.24) is 5.32 Å². The molecule has 0 aromatic rings. The lowest BCUT2D eigenvalue weighted by Gasteiger charge is -2.25. The van der Waals surface area contributed by atoms with Crippen molar-refractivity contribution in [2.45, 2.75) is 51.3 Å². The molecule has 1 aliphatic heterocycles. The molecule has 78 valence electrons. The summed E-state index contributed by atoms with van der Waals surface area (Å²) in [4.78, 5) is 0. The molecule has 2 atom stereocenters. The Hall–Kier alpha value is 0.310. The van der Waals surface area contributed by atoms with Crippen LogP contribution in [0.3, 0.4) is 0 Å². The Morgan fingerprint density at radius 3 is 2.69 bits per heavy atom. The number of thioether (sulfide) groups is 1. The van der Waals surface area contributed by atoms with E-state index in [4.69, 9.17) is 0 Å². The minimum atomic E-state index is 0.762. The van der Waals surface area contributed by atoms with Crippen molar-refractivity contribution in [1.29, 1.82) is 0 Å². The Bertz CT molecular complexity index is 130. The average molecular weight is 201 g/mol. The van der Waals surface area contributed by atoms with E-state index in [1.807, 2.05) is 0 Å². The fraction of sp³-hybridized carbons (Fsp3) is 1.00. The van der Waals surface area contributed by atoms with Crippen molar-refractivity contribution in [3.8, 4) is 0 Å². The van der Waals surface area contributed by atoms with E-state index in [1.54, 1.807) is 0 Å². The molecule has 0 aromatic carbocycles. The molecule has 0 amide bonds. The highest BCUT2D eigenvalue weighted by Gasteiger charge is 2.25. The maximum Gasteiger partial charge on any atom is 0.0201 e. The van der Waals surface area contributed by atoms with E-state index >= 15 is 0 Å². The molecule has 0 aliphatic carbocycles. The van der Waals surface area contributed by atoms with Crippen molar-refractivity contribution in [2.75, 3.05) is 12.3 Å². The van der Waals surface area contributed by atoms with E-state index in [-0.39, 0.29) is 0 Å². The van der Waals surface area contributed by atoms with Gasteiger partial charge in [-0.1, -0.05) is 20.8 Å². The van der Waals surface area contributed by atoms with Crippen molar-refractivity contribution in [3.05, 3.63) is 0 Å². The van der Waals surface area contributed by atoms with Crippen molar-refractivity contribution in [3.63, 3.8) is 0 Å². The van der Waals surface area contributed by atoms with E-state index in [1.165, 1.54) is 25.0 Å². The molecule has 13 heavy (non-hydrogen) atoms. The molecule has 0 bridgehead atoms. The summed E-state index contributed by atoms with van der Waals surface area (Å²) in [6, 6.07) is 0.762. The zero-order chi connectivity index (χ0) is 9.68. The Balaban J connectivity index is 2.35. The smallest absolute Gasteiger partial charge is 0.0201 e. The first-order chi connectivity index (χ1) is 6.24. The quantitative estimate of drug-likeness (QED) is 0.734. The van der Waals surface area contributed by atoms with Crippen LogP contribution < -0.4 is 5.32 Å². The predicted octanol–water partition coefficient (Wildman–Crippen LogP) is 2.91. The second-order valence-electron chi connectivity index (χ2n) is 4.35. The van der Waals surface area contributed by atoms with Gasteiger partial charge in [-0.3, -0.25) is 0 Å². The summed E-state index contributed by atoms with van der Waals surface area (Å²) < 4.78 is 0. The van der Waals surface area contributed by atoms with Crippen LogP contribution in [0.4, 0.5) is 0 Å². The first-order valence-electron chi connectivity index (χ1n) is 5.59. The standard InChI is InChI=1S/C11H23NS/c1-4-12-10(8-9(2)3)11-6-5-7-13-11/h9-12H,4-8H2,1-3H3. The Labute approximate surface area is 87.1 Å². The van der Waals surface area contributed by atoms with Gasteiger partial charge in [-0.05, 0) is 37.5 Å². The summed E-state index contributed by atoms with van der Waals surface area (Å²) >= 11 is 2.17. The van der Waals surface area contributed by atoms with Crippen LogP contribution in [0.2, 0.25) is 0 Å². The zero-order valence-corrected chi connectivity index (χ0v) is 9.99. The largest absolute Gasteiger partial charge is 0.313 e. The molecule has 1 rings (SSSR count). The summed E-state index contributed by atoms with van der Waals surface area (Å²) in [5, 5.41) is 4.53. The number of hydrogen-bond acceptors (Lipinski definition) is 2. The van der Waals surface area contributed by atoms with Crippen LogP contribution in [-0.4, -0.2) is 23.6 Å². The maximum atomic E-state index is 3.64. The van der Waals surface area contributed by atoms with E-state index < -0.39 is 0 Å². The fourth-order valence-electron chi connectivity index (χ4n) is 2.06. The van der Waals surface area contributed by atoms with Crippen LogP contribution in [0, 0.1) is 5.92 Å². The van der Waals surface area contributed by atoms with Crippen molar-refractivity contribution in [2.24, 2.45) is 5.92 Å². The minimum Gasteiger partial charge on any atom is -0.313 e. The Morgan fingerprint density at radius 2 is 2.23 bits per heavy atom. The van der Waals surface area contributed by atoms with Crippen LogP contribution in [0.1, 0.15) is 40.0 Å². The third-order valence-electron chi connectivity index (χ3n) is 2.61. The van der Waals surface area contributed by atoms with Gasteiger partial charge in [0, 0.05) is 11.3 Å². The van der Waals surface area contributed by atoms with E-state index in [0.717, 1.165) is 23.8 Å². The predicted molar refractivity (Wildman–Crippen MR) is 62.4 cm³/mol. The summed E-state index contributed by atoms with van der Waals surface area (Å²) in [6.45, 7) is 7.98. The van der Waals surface area contributed by atoms with Gasteiger partial charge in [0.25, 0.3) is 0 Å². The minimum absolute atomic E-state index is 0.762. The number of hydrogen-bond donors (Lipinski definition) is 1. The van der Waals surface area contributed by atoms with Crippen LogP contribution in [-0.2, 0) is 0 Å². The van der Waals surface area contributed by atoms with Crippen LogP contribution in [0.15, 0.2) is 0 Å². The van der Waals surface area contributed by atoms with Gasteiger partial charge in [-0.15, -0.1) is 0 Å². The van der Waals surface area contributed by atoms with Gasteiger partial charge in [0.05, 0.1) is 0 Å². The Morgan fingerprint density at radius 1 is 1.46 bits per heavy atom. The lowest BCUT2D eigenvalue weighted by atomic mass is 9.99. The topological polar surface area (TPSA) is 12.0 Å². The van der Waals surface area contributed by atoms with Gasteiger partial charge in [-0.2, -0.15) is 11.8 Å². The number of rotatable bonds is 5. The lowest BCUT2D eigenvalue weighted by molar-refractivity contribution is 0.410. The summed E-state index contributed by atoms with van der Waals surface area (Å²) in [5.41, 5.74) is 0. The molecule has 0 spiro atoms. The molecule has 0 aromatic heterocycles. The molecule has 1 fully saturated rings. The fourth-order valence-corrected chi connectivity index (χ4v) is 3.47. The lowest BCUT2D eigenvalue weighted by Crippen LogP contribution is -2.38. The molecule has 1 saturated heterocycles. The first-order valence-corrected chi connectivity index (χ1v) is 6.64. The molecular weight excluding hydrogens is 178 g/mol. The van der Waals surface area contributed by atoms with Gasteiger partial charge in [0.2, 0.25) is 0 Å². The zero-order valence-electron chi connectivity index (χ0n) is 9.18. The second-order valence-corrected chi connectivity index (χ2v) is 5.69. The van der Waals surface area contributed by atoms with E-state index in [2.05, 4.69) is 37.8 Å². The molecule has 1 aliphatic rings. The summed E-state index contributed by atoms with van der Waals surface area (Å²) in [5.74, 6) is 2.20. The first kappa shape index (κ1) is 11.4. The third-order valence-corrected chi connectivity index (χ3v) is 4.12. The van der Waals surface area contributed by atoms with Gasteiger partial charge in [0.1, 0.15) is 0 Å². The van der Waals surface area contributed by atoms with Gasteiger partial charge >= 0.3 is 0 Å². The van der Waals surface area contributed by atoms with E-state index in [0.29, 0.717) is 0 Å². The highest BCUT2D eigenvalue weighted by Crippen LogP contribution is 2.30. The molecule has 0 radical (unpaired) electrons. The highest BCUT2D eigenvalue weighted by atomic mass is 32.2. The normalized spacial score (nSPS) is 25.4. The second kappa shape index (κ2) is 5.92. The maximum absolute atomic E-state index is 3.64. The van der Waals surface area contributed by atoms with Crippen molar-refractivity contribution >= 4 is 11.8 Å². The van der Waals surface area contributed by atoms with E-state index in [9.17, 15) is 0 Å². The van der Waals surface area contributed by atoms with Crippen molar-refractivity contribution < 1.29 is 0 Å². The van der Waals surface area contributed by atoms with Gasteiger partial charge in [-0.25, -0.2) is 0 Å². The van der Waals surface area contributed by atoms with Gasteiger partial charge in [0.15, 0.2) is 0 Å². The molecule has 1 N–H and O–H groups in total. The molecule has 1 nitrogen and oxygen atoms in total. The van der Waals surface area contributed by atoms with Crippen LogP contribution >= 0.6 is 11.8 Å². The van der Waals surface area contributed by atoms with Gasteiger partial charge < -0.3 is 5.32 Å². The molecule has 2 unspecified atom stereocenters. The highest BCUT2D eigenvalue weighted by molar-refractivity contribution is 8.00. The molecule has 0 saturated carbocycles. The summed E-state index contributed by atoms with van der Waals surface area (Å²) in [6.07, 6.45) is 4.19. The summed E-state index contributed by atoms with van der Waals surface area (Å²) in [7, 11) is 0. The van der Waals surface area contributed by atoms with Crippen LogP contribution in [0.5, 0.6) is 0 Å². The average Bonchev–Trinajstić information content (AvgIpc) is 2.54. The number of nitrogens with one attached hydrogen (secondary N) is 1. The molecule has 1 heterocycles.